The average Bonchev–Trinajstić information content (AvgIpc) is 3.10. The molecule has 1 amide bonds. The van der Waals surface area contributed by atoms with E-state index in [1.54, 1.807) is 11.3 Å². The van der Waals surface area contributed by atoms with Gasteiger partial charge < -0.3 is 0 Å². The van der Waals surface area contributed by atoms with Crippen molar-refractivity contribution >= 4 is 35.0 Å². The van der Waals surface area contributed by atoms with Crippen molar-refractivity contribution in [1.82, 2.24) is 15.2 Å². The highest BCUT2D eigenvalue weighted by atomic mass is 32.2. The van der Waals surface area contributed by atoms with Gasteiger partial charge in [-0.2, -0.15) is 16.7 Å². The van der Waals surface area contributed by atoms with Crippen LogP contribution in [0.3, 0.4) is 0 Å². The Kier molecular flexibility index (Phi) is 3.84. The molecule has 1 aliphatic heterocycles. The molecule has 1 saturated heterocycles. The topological polar surface area (TPSA) is 70.7 Å². The lowest BCUT2D eigenvalue weighted by atomic mass is 10.1. The van der Waals surface area contributed by atoms with E-state index in [2.05, 4.69) is 20.5 Å². The number of H-pyrrole nitrogens is 1. The van der Waals surface area contributed by atoms with Gasteiger partial charge >= 0.3 is 0 Å². The number of carbonyl (C=O) groups is 1. The van der Waals surface area contributed by atoms with Gasteiger partial charge in [-0.25, -0.2) is 0 Å². The van der Waals surface area contributed by atoms with E-state index in [0.717, 1.165) is 29.2 Å². The maximum Gasteiger partial charge on any atom is 0.249 e. The first-order chi connectivity index (χ1) is 9.33. The fraction of sp³-hybridized carbons (Fsp3) is 0.417. The second-order valence-electron chi connectivity index (χ2n) is 4.39. The van der Waals surface area contributed by atoms with Gasteiger partial charge in [0, 0.05) is 11.7 Å². The maximum absolute atomic E-state index is 12.0. The molecular weight excluding hydrogens is 280 g/mol. The number of nitrogens with zero attached hydrogens (tertiary/aromatic N) is 2. The summed E-state index contributed by atoms with van der Waals surface area (Å²) in [4.78, 5) is 17.4. The highest BCUT2D eigenvalue weighted by Crippen LogP contribution is 2.24. The molecule has 19 heavy (non-hydrogen) atoms. The fourth-order valence-electron chi connectivity index (χ4n) is 2.00. The third-order valence-electron chi connectivity index (χ3n) is 3.01. The van der Waals surface area contributed by atoms with Crippen molar-refractivity contribution < 1.29 is 4.79 Å². The molecule has 1 unspecified atom stereocenters. The summed E-state index contributed by atoms with van der Waals surface area (Å²) in [6.07, 6.45) is 2.07. The van der Waals surface area contributed by atoms with Crippen molar-refractivity contribution in [2.24, 2.45) is 5.92 Å². The van der Waals surface area contributed by atoms with Gasteiger partial charge in [0.2, 0.25) is 11.9 Å². The number of carbonyl (C=O) groups excluding carboxylic acids is 1. The summed E-state index contributed by atoms with van der Waals surface area (Å²) >= 11 is 3.42. The van der Waals surface area contributed by atoms with Crippen molar-refractivity contribution in [3.05, 3.63) is 17.5 Å². The van der Waals surface area contributed by atoms with Crippen LogP contribution >= 0.6 is 23.1 Å². The number of rotatable bonds is 3. The van der Waals surface area contributed by atoms with E-state index in [-0.39, 0.29) is 11.8 Å². The Balaban J connectivity index is 1.65. The number of aromatic amines is 1. The first kappa shape index (κ1) is 12.7. The van der Waals surface area contributed by atoms with Gasteiger partial charge in [0.05, 0.1) is 4.88 Å². The van der Waals surface area contributed by atoms with E-state index >= 15 is 0 Å². The Bertz CT molecular complexity index is 546. The van der Waals surface area contributed by atoms with Crippen LogP contribution in [0.2, 0.25) is 0 Å². The molecule has 100 valence electrons. The quantitative estimate of drug-likeness (QED) is 0.913. The number of thiophene rings is 1. The molecule has 1 atom stereocenters. The summed E-state index contributed by atoms with van der Waals surface area (Å²) in [5, 5.41) is 11.7. The number of anilines is 1. The molecule has 0 radical (unpaired) electrons. The zero-order chi connectivity index (χ0) is 13.1. The van der Waals surface area contributed by atoms with Crippen LogP contribution in [0.5, 0.6) is 0 Å². The van der Waals surface area contributed by atoms with Gasteiger partial charge in [0.15, 0.2) is 5.82 Å². The summed E-state index contributed by atoms with van der Waals surface area (Å²) in [6, 6.07) is 3.93. The van der Waals surface area contributed by atoms with Crippen LogP contribution in [0.15, 0.2) is 17.5 Å². The zero-order valence-electron chi connectivity index (χ0n) is 10.3. The number of hydrogen-bond acceptors (Lipinski definition) is 5. The summed E-state index contributed by atoms with van der Waals surface area (Å²) in [7, 11) is 0. The molecular formula is C12H14N4OS2. The molecule has 7 heteroatoms. The molecule has 0 saturated carbocycles. The van der Waals surface area contributed by atoms with E-state index in [4.69, 9.17) is 0 Å². The van der Waals surface area contributed by atoms with Crippen molar-refractivity contribution in [2.75, 3.05) is 16.8 Å². The second-order valence-corrected chi connectivity index (χ2v) is 6.49. The average molecular weight is 294 g/mol. The van der Waals surface area contributed by atoms with Crippen LogP contribution in [0, 0.1) is 5.92 Å². The first-order valence-corrected chi connectivity index (χ1v) is 8.21. The minimum Gasteiger partial charge on any atom is -0.293 e. The second kappa shape index (κ2) is 5.75. The Morgan fingerprint density at radius 3 is 3.21 bits per heavy atom. The smallest absolute Gasteiger partial charge is 0.249 e. The normalized spacial score (nSPS) is 19.3. The molecule has 0 bridgehead atoms. The van der Waals surface area contributed by atoms with Crippen molar-refractivity contribution in [1.29, 1.82) is 0 Å². The molecule has 5 nitrogen and oxygen atoms in total. The number of thioether (sulfide) groups is 1. The summed E-state index contributed by atoms with van der Waals surface area (Å²) in [6.45, 7) is 0. The molecule has 1 aliphatic rings. The van der Waals surface area contributed by atoms with Crippen LogP contribution in [-0.4, -0.2) is 32.6 Å². The van der Waals surface area contributed by atoms with Gasteiger partial charge in [-0.05, 0) is 30.0 Å². The molecule has 0 spiro atoms. The van der Waals surface area contributed by atoms with Crippen molar-refractivity contribution in [3.63, 3.8) is 0 Å². The van der Waals surface area contributed by atoms with Gasteiger partial charge in [-0.3, -0.25) is 15.2 Å². The summed E-state index contributed by atoms with van der Waals surface area (Å²) in [5.41, 5.74) is 0. The number of aromatic nitrogens is 3. The highest BCUT2D eigenvalue weighted by Gasteiger charge is 2.22. The SMILES string of the molecule is O=C(Nc1n[nH]c(-c2cccs2)n1)C1CCCSC1. The molecule has 3 heterocycles. The maximum atomic E-state index is 12.0. The third kappa shape index (κ3) is 2.98. The summed E-state index contributed by atoms with van der Waals surface area (Å²) in [5.74, 6) is 3.24. The molecule has 0 aromatic carbocycles. The minimum absolute atomic E-state index is 0.0314. The molecule has 2 aromatic heterocycles. The van der Waals surface area contributed by atoms with Gasteiger partial charge in [-0.15, -0.1) is 16.4 Å². The monoisotopic (exact) mass is 294 g/mol. The molecule has 1 fully saturated rings. The minimum atomic E-state index is 0.0314. The van der Waals surface area contributed by atoms with Crippen LogP contribution in [-0.2, 0) is 4.79 Å². The predicted octanol–water partition coefficient (Wildman–Crippen LogP) is 2.61. The van der Waals surface area contributed by atoms with E-state index in [1.165, 1.54) is 0 Å². The molecule has 2 aromatic rings. The first-order valence-electron chi connectivity index (χ1n) is 6.18. The Morgan fingerprint density at radius 1 is 1.53 bits per heavy atom. The van der Waals surface area contributed by atoms with Crippen LogP contribution in [0.1, 0.15) is 12.8 Å². The largest absolute Gasteiger partial charge is 0.293 e. The number of amides is 1. The van der Waals surface area contributed by atoms with Crippen LogP contribution < -0.4 is 5.32 Å². The van der Waals surface area contributed by atoms with Gasteiger partial charge in [0.1, 0.15) is 0 Å². The van der Waals surface area contributed by atoms with Crippen molar-refractivity contribution in [3.8, 4) is 10.7 Å². The van der Waals surface area contributed by atoms with E-state index in [9.17, 15) is 4.79 Å². The molecule has 0 aliphatic carbocycles. The van der Waals surface area contributed by atoms with Crippen LogP contribution in [0.4, 0.5) is 5.95 Å². The van der Waals surface area contributed by atoms with Crippen molar-refractivity contribution in [2.45, 2.75) is 12.8 Å². The summed E-state index contributed by atoms with van der Waals surface area (Å²) < 4.78 is 0. The molecule has 3 rings (SSSR count). The van der Waals surface area contributed by atoms with Gasteiger partial charge in [0.25, 0.3) is 0 Å². The van der Waals surface area contributed by atoms with E-state index in [0.29, 0.717) is 11.8 Å². The number of nitrogens with one attached hydrogen (secondary N) is 2. The zero-order valence-corrected chi connectivity index (χ0v) is 11.9. The Hall–Kier alpha value is -1.34. The molecule has 2 N–H and O–H groups in total. The Labute approximate surface area is 119 Å². The lowest BCUT2D eigenvalue weighted by molar-refractivity contribution is -0.119. The van der Waals surface area contributed by atoms with Gasteiger partial charge in [-0.1, -0.05) is 6.07 Å². The Morgan fingerprint density at radius 2 is 2.47 bits per heavy atom. The third-order valence-corrected chi connectivity index (χ3v) is 5.10. The lowest BCUT2D eigenvalue weighted by Gasteiger charge is -2.19. The van der Waals surface area contributed by atoms with Crippen LogP contribution in [0.25, 0.3) is 10.7 Å². The fourth-order valence-corrected chi connectivity index (χ4v) is 3.80. The van der Waals surface area contributed by atoms with E-state index < -0.39 is 0 Å². The standard InChI is InChI=1S/C12H14N4OS2/c17-11(8-3-1-5-18-7-8)14-12-13-10(15-16-12)9-4-2-6-19-9/h2,4,6,8H,1,3,5,7H2,(H2,13,14,15,16,17). The highest BCUT2D eigenvalue weighted by molar-refractivity contribution is 7.99. The predicted molar refractivity (Wildman–Crippen MR) is 78.4 cm³/mol. The van der Waals surface area contributed by atoms with E-state index in [1.807, 2.05) is 29.3 Å². The lowest BCUT2D eigenvalue weighted by Crippen LogP contribution is -2.27. The number of hydrogen-bond donors (Lipinski definition) is 2.